The maximum atomic E-state index is 9.67. The molecule has 4 heteroatoms. The van der Waals surface area contributed by atoms with Crippen molar-refractivity contribution in [2.24, 2.45) is 0 Å². The fourth-order valence-corrected chi connectivity index (χ4v) is 3.49. The zero-order valence-electron chi connectivity index (χ0n) is 6.95. The van der Waals surface area contributed by atoms with Crippen molar-refractivity contribution in [3.05, 3.63) is 14.8 Å². The van der Waals surface area contributed by atoms with Crippen LogP contribution in [-0.2, 0) is 0 Å². The Balaban J connectivity index is 2.59. The highest BCUT2D eigenvalue weighted by molar-refractivity contribution is 7.79. The molecule has 1 atom stereocenters. The summed E-state index contributed by atoms with van der Waals surface area (Å²) in [5, 5.41) is 11.6. The molecule has 1 heterocycles. The van der Waals surface area contributed by atoms with E-state index in [-0.39, 0.29) is 6.10 Å². The second-order valence-corrected chi connectivity index (χ2v) is 5.45. The van der Waals surface area contributed by atoms with Crippen molar-refractivity contribution in [2.45, 2.75) is 32.3 Å². The monoisotopic (exact) mass is 220 g/mol. The molecule has 0 radical (unpaired) electrons. The van der Waals surface area contributed by atoms with E-state index in [9.17, 15) is 5.11 Å². The molecular formula is C8H12OS3. The molecule has 12 heavy (non-hydrogen) atoms. The fraction of sp³-hybridized carbons (Fsp3) is 0.625. The molecule has 1 N–H and O–H groups in total. The molecule has 0 saturated carbocycles. The van der Waals surface area contributed by atoms with E-state index in [1.165, 1.54) is 0 Å². The van der Waals surface area contributed by atoms with Crippen molar-refractivity contribution in [1.82, 2.24) is 0 Å². The molecule has 0 bridgehead atoms. The molecule has 0 spiro atoms. The molecule has 0 amide bonds. The molecule has 1 aromatic heterocycles. The summed E-state index contributed by atoms with van der Waals surface area (Å²) < 4.78 is 0.851. The lowest BCUT2D eigenvalue weighted by Gasteiger charge is -2.06. The lowest BCUT2D eigenvalue weighted by Crippen LogP contribution is -1.95. The Kier molecular flexibility index (Phi) is 4.35. The van der Waals surface area contributed by atoms with Gasteiger partial charge >= 0.3 is 0 Å². The fourth-order valence-electron chi connectivity index (χ4n) is 0.983. The van der Waals surface area contributed by atoms with Crippen LogP contribution in [0.4, 0.5) is 0 Å². The van der Waals surface area contributed by atoms with Crippen molar-refractivity contribution in [3.63, 3.8) is 0 Å². The van der Waals surface area contributed by atoms with E-state index in [0.717, 1.165) is 28.6 Å². The Morgan fingerprint density at radius 1 is 1.67 bits per heavy atom. The van der Waals surface area contributed by atoms with Gasteiger partial charge in [0, 0.05) is 10.9 Å². The number of hydrogen-bond acceptors (Lipinski definition) is 4. The van der Waals surface area contributed by atoms with E-state index < -0.39 is 0 Å². The Labute approximate surface area is 85.1 Å². The van der Waals surface area contributed by atoms with E-state index in [4.69, 9.17) is 12.2 Å². The van der Waals surface area contributed by atoms with Crippen LogP contribution in [0.5, 0.6) is 0 Å². The average Bonchev–Trinajstić information content (AvgIpc) is 2.47. The van der Waals surface area contributed by atoms with Crippen molar-refractivity contribution in [2.75, 3.05) is 0 Å². The summed E-state index contributed by atoms with van der Waals surface area (Å²) in [6.45, 7) is 2.12. The average molecular weight is 220 g/mol. The van der Waals surface area contributed by atoms with E-state index >= 15 is 0 Å². The largest absolute Gasteiger partial charge is 0.388 e. The normalized spacial score (nSPS) is 13.2. The van der Waals surface area contributed by atoms with Gasteiger partial charge in [-0.25, -0.2) is 0 Å². The van der Waals surface area contributed by atoms with Gasteiger partial charge in [-0.2, -0.15) is 0 Å². The first kappa shape index (κ1) is 10.3. The van der Waals surface area contributed by atoms with E-state index in [0.29, 0.717) is 0 Å². The van der Waals surface area contributed by atoms with Gasteiger partial charge in [-0.15, -0.1) is 0 Å². The molecule has 0 fully saturated rings. The van der Waals surface area contributed by atoms with Gasteiger partial charge in [-0.05, 0) is 6.42 Å². The van der Waals surface area contributed by atoms with Crippen LogP contribution in [0, 0.1) is 3.82 Å². The number of unbranched alkanes of at least 4 members (excludes halogenated alkanes) is 1. The van der Waals surface area contributed by atoms with Gasteiger partial charge in [0.25, 0.3) is 0 Å². The maximum Gasteiger partial charge on any atom is 0.107 e. The smallest absolute Gasteiger partial charge is 0.107 e. The first-order valence-corrected chi connectivity index (χ1v) is 6.63. The minimum Gasteiger partial charge on any atom is -0.388 e. The predicted molar refractivity (Wildman–Crippen MR) is 57.5 cm³/mol. The predicted octanol–water partition coefficient (Wildman–Crippen LogP) is 3.76. The van der Waals surface area contributed by atoms with Gasteiger partial charge in [0.05, 0.1) is 6.10 Å². The topological polar surface area (TPSA) is 20.2 Å². The number of rotatable bonds is 4. The minimum absolute atomic E-state index is 0.333. The van der Waals surface area contributed by atoms with E-state index in [1.807, 2.05) is 5.38 Å². The zero-order valence-corrected chi connectivity index (χ0v) is 9.40. The highest BCUT2D eigenvalue weighted by Crippen LogP contribution is 2.26. The van der Waals surface area contributed by atoms with Crippen LogP contribution in [0.1, 0.15) is 37.9 Å². The van der Waals surface area contributed by atoms with Crippen LogP contribution >= 0.6 is 32.9 Å². The summed E-state index contributed by atoms with van der Waals surface area (Å²) in [4.78, 5) is 0. The minimum atomic E-state index is -0.333. The molecule has 1 nitrogen and oxygen atoms in total. The highest BCUT2D eigenvalue weighted by Gasteiger charge is 2.09. The molecular weight excluding hydrogens is 208 g/mol. The van der Waals surface area contributed by atoms with Gasteiger partial charge in [-0.1, -0.05) is 52.7 Å². The Morgan fingerprint density at radius 3 is 2.92 bits per heavy atom. The van der Waals surface area contributed by atoms with Gasteiger partial charge in [0.15, 0.2) is 0 Å². The lowest BCUT2D eigenvalue weighted by atomic mass is 10.1. The third-order valence-corrected chi connectivity index (χ3v) is 4.44. The summed E-state index contributed by atoms with van der Waals surface area (Å²) >= 11 is 5.08. The van der Waals surface area contributed by atoms with Crippen molar-refractivity contribution in [1.29, 1.82) is 0 Å². The summed E-state index contributed by atoms with van der Waals surface area (Å²) in [5.74, 6) is 0. The first-order chi connectivity index (χ1) is 5.75. The zero-order chi connectivity index (χ0) is 8.97. The molecule has 0 aliphatic rings. The lowest BCUT2D eigenvalue weighted by molar-refractivity contribution is 0.164. The van der Waals surface area contributed by atoms with Gasteiger partial charge < -0.3 is 5.11 Å². The number of hydrogen-bond donors (Lipinski definition) is 1. The van der Waals surface area contributed by atoms with Crippen LogP contribution in [0.2, 0.25) is 0 Å². The summed E-state index contributed by atoms with van der Waals surface area (Å²) in [6, 6.07) is 0. The Bertz CT molecular complexity index is 276. The standard InChI is InChI=1S/C8H12OS3/c1-2-3-4-7(9)6-5-11-12-8(6)10/h5,7,9H,2-4H2,1H3. The van der Waals surface area contributed by atoms with Gasteiger partial charge in [0.2, 0.25) is 0 Å². The van der Waals surface area contributed by atoms with Crippen LogP contribution in [0.3, 0.4) is 0 Å². The van der Waals surface area contributed by atoms with Crippen molar-refractivity contribution in [3.8, 4) is 0 Å². The number of aliphatic hydroxyl groups excluding tert-OH is 1. The molecule has 0 aliphatic carbocycles. The Morgan fingerprint density at radius 2 is 2.42 bits per heavy atom. The van der Waals surface area contributed by atoms with Crippen LogP contribution in [0.25, 0.3) is 0 Å². The molecule has 0 saturated heterocycles. The van der Waals surface area contributed by atoms with E-state index in [2.05, 4.69) is 6.92 Å². The van der Waals surface area contributed by atoms with Crippen LogP contribution in [0.15, 0.2) is 5.38 Å². The van der Waals surface area contributed by atoms with Gasteiger partial charge in [0.1, 0.15) is 3.82 Å². The molecule has 1 rings (SSSR count). The third-order valence-electron chi connectivity index (χ3n) is 1.72. The summed E-state index contributed by atoms with van der Waals surface area (Å²) in [6.07, 6.45) is 2.69. The second-order valence-electron chi connectivity index (χ2n) is 2.70. The van der Waals surface area contributed by atoms with Crippen molar-refractivity contribution < 1.29 is 5.11 Å². The summed E-state index contributed by atoms with van der Waals surface area (Å²) in [7, 11) is 3.17. The molecule has 1 unspecified atom stereocenters. The Hall–Kier alpha value is 0.230. The molecule has 0 aromatic carbocycles. The van der Waals surface area contributed by atoms with Crippen LogP contribution in [-0.4, -0.2) is 5.11 Å². The maximum absolute atomic E-state index is 9.67. The first-order valence-electron chi connectivity index (χ1n) is 4.01. The van der Waals surface area contributed by atoms with Crippen LogP contribution < -0.4 is 0 Å². The molecule has 68 valence electrons. The quantitative estimate of drug-likeness (QED) is 0.616. The van der Waals surface area contributed by atoms with E-state index in [1.54, 1.807) is 20.7 Å². The SMILES string of the molecule is CCCCC(O)c1cssc1=S. The third kappa shape index (κ3) is 2.62. The van der Waals surface area contributed by atoms with Crippen molar-refractivity contribution >= 4 is 32.9 Å². The molecule has 0 aliphatic heterocycles. The summed E-state index contributed by atoms with van der Waals surface area (Å²) in [5.41, 5.74) is 0.952. The number of aliphatic hydroxyl groups is 1. The second kappa shape index (κ2) is 5.07. The molecule has 1 aromatic rings. The van der Waals surface area contributed by atoms with Gasteiger partial charge in [-0.3, -0.25) is 0 Å². The highest BCUT2D eigenvalue weighted by atomic mass is 32.9.